The van der Waals surface area contributed by atoms with E-state index in [4.69, 9.17) is 16.5 Å². The van der Waals surface area contributed by atoms with Crippen molar-refractivity contribution in [3.63, 3.8) is 0 Å². The molecule has 82 valence electrons. The lowest BCUT2D eigenvalue weighted by Gasteiger charge is -2.15. The minimum absolute atomic E-state index is 0.0454. The molecule has 1 aromatic rings. The topological polar surface area (TPSA) is 29.5 Å². The summed E-state index contributed by atoms with van der Waals surface area (Å²) in [4.78, 5) is 11.3. The molecule has 0 aliphatic heterocycles. The first-order valence-corrected chi connectivity index (χ1v) is 5.11. The molecule has 0 fully saturated rings. The van der Waals surface area contributed by atoms with Gasteiger partial charge in [0.25, 0.3) is 0 Å². The van der Waals surface area contributed by atoms with Gasteiger partial charge in [-0.15, -0.1) is 0 Å². The van der Waals surface area contributed by atoms with Gasteiger partial charge in [0.1, 0.15) is 6.54 Å². The number of halogens is 1. The van der Waals surface area contributed by atoms with Crippen LogP contribution in [0.15, 0.2) is 30.3 Å². The van der Waals surface area contributed by atoms with Crippen molar-refractivity contribution in [2.24, 2.45) is 0 Å². The Labute approximate surface area is 94.7 Å². The molecule has 0 atom stereocenters. The van der Waals surface area contributed by atoms with E-state index in [1.165, 1.54) is 4.42 Å². The highest BCUT2D eigenvalue weighted by molar-refractivity contribution is 6.26. The molecule has 0 N–H and O–H groups in total. The fourth-order valence-corrected chi connectivity index (χ4v) is 1.30. The Morgan fingerprint density at radius 1 is 1.40 bits per heavy atom. The van der Waals surface area contributed by atoms with E-state index in [9.17, 15) is 4.79 Å². The fourth-order valence-electron chi connectivity index (χ4n) is 1.09. The average molecular weight is 228 g/mol. The van der Waals surface area contributed by atoms with Crippen LogP contribution in [-0.2, 0) is 9.53 Å². The van der Waals surface area contributed by atoms with E-state index in [1.807, 2.05) is 30.3 Å². The van der Waals surface area contributed by atoms with Crippen LogP contribution in [0.4, 0.5) is 5.69 Å². The van der Waals surface area contributed by atoms with Crippen molar-refractivity contribution in [3.05, 3.63) is 30.3 Å². The fraction of sp³-hybridized carbons (Fsp3) is 0.364. The normalized spacial score (nSPS) is 10.1. The maximum atomic E-state index is 11.3. The number of benzene rings is 1. The van der Waals surface area contributed by atoms with Gasteiger partial charge in [0, 0.05) is 11.8 Å². The first-order chi connectivity index (χ1) is 7.09. The van der Waals surface area contributed by atoms with Gasteiger partial charge in [-0.2, -0.15) is 0 Å². The summed E-state index contributed by atoms with van der Waals surface area (Å²) in [5.74, 6) is -0.330. The Bertz CT molecular complexity index is 314. The Kier molecular flexibility index (Phi) is 4.43. The molecule has 0 aliphatic carbocycles. The van der Waals surface area contributed by atoms with Gasteiger partial charge in [-0.1, -0.05) is 18.2 Å². The van der Waals surface area contributed by atoms with E-state index in [1.54, 1.807) is 13.8 Å². The molecule has 0 bridgehead atoms. The molecule has 0 amide bonds. The standard InChI is InChI=1S/C11H14ClNO2/c1-9(2)15-11(14)8-13(12)10-6-4-3-5-7-10/h3-7,9H,8H2,1-2H3. The predicted molar refractivity (Wildman–Crippen MR) is 60.9 cm³/mol. The lowest BCUT2D eigenvalue weighted by atomic mass is 10.3. The van der Waals surface area contributed by atoms with E-state index >= 15 is 0 Å². The van der Waals surface area contributed by atoms with Crippen LogP contribution in [0.1, 0.15) is 13.8 Å². The predicted octanol–water partition coefficient (Wildman–Crippen LogP) is 2.60. The van der Waals surface area contributed by atoms with Crippen molar-refractivity contribution in [2.75, 3.05) is 11.0 Å². The summed E-state index contributed by atoms with van der Waals surface area (Å²) < 4.78 is 6.32. The number of para-hydroxylation sites is 1. The van der Waals surface area contributed by atoms with Crippen LogP contribution in [0.3, 0.4) is 0 Å². The lowest BCUT2D eigenvalue weighted by Crippen LogP contribution is -2.24. The first-order valence-electron chi connectivity index (χ1n) is 4.77. The van der Waals surface area contributed by atoms with E-state index in [0.29, 0.717) is 0 Å². The highest BCUT2D eigenvalue weighted by atomic mass is 35.5. The van der Waals surface area contributed by atoms with Crippen molar-refractivity contribution in [1.82, 2.24) is 0 Å². The lowest BCUT2D eigenvalue weighted by molar-refractivity contribution is -0.145. The van der Waals surface area contributed by atoms with Crippen molar-refractivity contribution >= 4 is 23.4 Å². The first kappa shape index (κ1) is 11.9. The average Bonchev–Trinajstić information content (AvgIpc) is 2.17. The number of rotatable bonds is 4. The monoisotopic (exact) mass is 227 g/mol. The van der Waals surface area contributed by atoms with Gasteiger partial charge >= 0.3 is 5.97 Å². The Balaban J connectivity index is 2.49. The zero-order valence-electron chi connectivity index (χ0n) is 8.81. The molecule has 3 nitrogen and oxygen atoms in total. The molecule has 0 spiro atoms. The van der Waals surface area contributed by atoms with Gasteiger partial charge < -0.3 is 4.74 Å². The molecule has 0 unspecified atom stereocenters. The number of esters is 1. The molecule has 1 aromatic carbocycles. The number of hydrogen-bond donors (Lipinski definition) is 0. The zero-order chi connectivity index (χ0) is 11.3. The molecule has 0 saturated heterocycles. The maximum absolute atomic E-state index is 11.3. The molecule has 0 aromatic heterocycles. The van der Waals surface area contributed by atoms with Gasteiger partial charge in [-0.05, 0) is 26.0 Å². The van der Waals surface area contributed by atoms with Crippen LogP contribution in [0.2, 0.25) is 0 Å². The van der Waals surface area contributed by atoms with Crippen LogP contribution < -0.4 is 4.42 Å². The number of hydrogen-bond acceptors (Lipinski definition) is 3. The third-order valence-electron chi connectivity index (χ3n) is 1.67. The highest BCUT2D eigenvalue weighted by Gasteiger charge is 2.11. The number of ether oxygens (including phenoxy) is 1. The molecule has 0 radical (unpaired) electrons. The zero-order valence-corrected chi connectivity index (χ0v) is 9.57. The van der Waals surface area contributed by atoms with E-state index in [-0.39, 0.29) is 18.6 Å². The summed E-state index contributed by atoms with van der Waals surface area (Å²) in [6, 6.07) is 9.27. The second-order valence-corrected chi connectivity index (χ2v) is 3.80. The highest BCUT2D eigenvalue weighted by Crippen LogP contribution is 2.15. The van der Waals surface area contributed by atoms with E-state index < -0.39 is 0 Å². The summed E-state index contributed by atoms with van der Waals surface area (Å²) >= 11 is 5.92. The van der Waals surface area contributed by atoms with Crippen LogP contribution >= 0.6 is 11.8 Å². The maximum Gasteiger partial charge on any atom is 0.327 e. The van der Waals surface area contributed by atoms with Gasteiger partial charge in [0.05, 0.1) is 11.8 Å². The van der Waals surface area contributed by atoms with Crippen LogP contribution in [0.5, 0.6) is 0 Å². The summed E-state index contributed by atoms with van der Waals surface area (Å²) in [6.07, 6.45) is -0.113. The van der Waals surface area contributed by atoms with Crippen molar-refractivity contribution in [1.29, 1.82) is 0 Å². The van der Waals surface area contributed by atoms with Crippen LogP contribution in [0.25, 0.3) is 0 Å². The molecular formula is C11H14ClNO2. The van der Waals surface area contributed by atoms with Crippen molar-refractivity contribution in [2.45, 2.75) is 20.0 Å². The van der Waals surface area contributed by atoms with Crippen LogP contribution in [-0.4, -0.2) is 18.6 Å². The van der Waals surface area contributed by atoms with E-state index in [0.717, 1.165) is 5.69 Å². The van der Waals surface area contributed by atoms with Gasteiger partial charge in [-0.3, -0.25) is 9.21 Å². The van der Waals surface area contributed by atoms with Crippen molar-refractivity contribution in [3.8, 4) is 0 Å². The van der Waals surface area contributed by atoms with Gasteiger partial charge in [0.15, 0.2) is 0 Å². The van der Waals surface area contributed by atoms with E-state index in [2.05, 4.69) is 0 Å². The second-order valence-electron chi connectivity index (χ2n) is 3.39. The minimum Gasteiger partial charge on any atom is -0.462 e. The Morgan fingerprint density at radius 3 is 2.53 bits per heavy atom. The minimum atomic E-state index is -0.330. The molecule has 4 heteroatoms. The summed E-state index contributed by atoms with van der Waals surface area (Å²) in [6.45, 7) is 3.65. The quantitative estimate of drug-likeness (QED) is 0.585. The molecule has 0 heterocycles. The SMILES string of the molecule is CC(C)OC(=O)CN(Cl)c1ccccc1. The molecule has 0 aliphatic rings. The molecule has 0 saturated carbocycles. The number of carbonyl (C=O) groups excluding carboxylic acids is 1. The Hall–Kier alpha value is -1.22. The van der Waals surface area contributed by atoms with Crippen molar-refractivity contribution < 1.29 is 9.53 Å². The number of carbonyl (C=O) groups is 1. The van der Waals surface area contributed by atoms with Gasteiger partial charge in [-0.25, -0.2) is 0 Å². The van der Waals surface area contributed by atoms with Gasteiger partial charge in [0.2, 0.25) is 0 Å². The summed E-state index contributed by atoms with van der Waals surface area (Å²) in [5, 5.41) is 0. The number of anilines is 1. The molecular weight excluding hydrogens is 214 g/mol. The summed E-state index contributed by atoms with van der Waals surface area (Å²) in [7, 11) is 0. The summed E-state index contributed by atoms with van der Waals surface area (Å²) in [5.41, 5.74) is 0.778. The largest absolute Gasteiger partial charge is 0.462 e. The smallest absolute Gasteiger partial charge is 0.327 e. The third-order valence-corrected chi connectivity index (χ3v) is 1.99. The third kappa shape index (κ3) is 4.21. The number of nitrogens with zero attached hydrogens (tertiary/aromatic N) is 1. The molecule has 1 rings (SSSR count). The second kappa shape index (κ2) is 5.61. The van der Waals surface area contributed by atoms with Crippen LogP contribution in [0, 0.1) is 0 Å². The Morgan fingerprint density at radius 2 is 2.00 bits per heavy atom. The molecule has 15 heavy (non-hydrogen) atoms.